The van der Waals surface area contributed by atoms with Gasteiger partial charge in [-0.1, -0.05) is 30.2 Å². The average Bonchev–Trinajstić information content (AvgIpc) is 2.38. The lowest BCUT2D eigenvalue weighted by Crippen LogP contribution is -2.39. The van der Waals surface area contributed by atoms with Crippen LogP contribution in [-0.4, -0.2) is 26.0 Å². The number of hydrogen-bond donors (Lipinski definition) is 1. The van der Waals surface area contributed by atoms with Crippen LogP contribution in [0.15, 0.2) is 24.3 Å². The van der Waals surface area contributed by atoms with Crippen molar-refractivity contribution in [2.75, 3.05) is 6.26 Å². The molecule has 1 fully saturated rings. The van der Waals surface area contributed by atoms with Gasteiger partial charge in [-0.3, -0.25) is 0 Å². The van der Waals surface area contributed by atoms with Gasteiger partial charge < -0.3 is 5.32 Å². The van der Waals surface area contributed by atoms with Crippen LogP contribution >= 0.6 is 11.6 Å². The number of halogens is 1. The maximum atomic E-state index is 11.7. The molecule has 3 atom stereocenters. The Kier molecular flexibility index (Phi) is 5.10. The van der Waals surface area contributed by atoms with Crippen molar-refractivity contribution in [3.8, 4) is 0 Å². The van der Waals surface area contributed by atoms with Crippen LogP contribution in [0.3, 0.4) is 0 Å². The lowest BCUT2D eigenvalue weighted by molar-refractivity contribution is 0.346. The topological polar surface area (TPSA) is 46.2 Å². The van der Waals surface area contributed by atoms with E-state index in [-0.39, 0.29) is 17.3 Å². The number of hydrogen-bond acceptors (Lipinski definition) is 3. The summed E-state index contributed by atoms with van der Waals surface area (Å²) in [5, 5.41) is 4.09. The molecule has 0 saturated heterocycles. The molecular weight excluding hydrogens is 294 g/mol. The molecule has 0 aliphatic heterocycles. The minimum atomic E-state index is -2.92. The summed E-state index contributed by atoms with van der Waals surface area (Å²) < 4.78 is 23.4. The second-order valence-electron chi connectivity index (χ2n) is 5.75. The highest BCUT2D eigenvalue weighted by Gasteiger charge is 2.29. The molecule has 5 heteroatoms. The smallest absolute Gasteiger partial charge is 0.150 e. The van der Waals surface area contributed by atoms with Crippen molar-refractivity contribution in [2.45, 2.75) is 49.9 Å². The summed E-state index contributed by atoms with van der Waals surface area (Å²) in [6.45, 7) is 2.10. The van der Waals surface area contributed by atoms with Gasteiger partial charge >= 0.3 is 0 Å². The van der Waals surface area contributed by atoms with Crippen LogP contribution in [0.2, 0.25) is 5.02 Å². The van der Waals surface area contributed by atoms with E-state index in [4.69, 9.17) is 11.6 Å². The van der Waals surface area contributed by atoms with Gasteiger partial charge in [0.15, 0.2) is 0 Å². The Morgan fingerprint density at radius 1 is 1.25 bits per heavy atom. The van der Waals surface area contributed by atoms with Gasteiger partial charge in [-0.2, -0.15) is 0 Å². The van der Waals surface area contributed by atoms with E-state index in [0.717, 1.165) is 30.7 Å². The van der Waals surface area contributed by atoms with Gasteiger partial charge in [0, 0.05) is 23.4 Å². The van der Waals surface area contributed by atoms with Gasteiger partial charge in [0.25, 0.3) is 0 Å². The first kappa shape index (κ1) is 15.8. The third kappa shape index (κ3) is 4.21. The Balaban J connectivity index is 1.97. The summed E-state index contributed by atoms with van der Waals surface area (Å²) in [5.41, 5.74) is 1.18. The van der Waals surface area contributed by atoms with Crippen molar-refractivity contribution in [3.05, 3.63) is 34.9 Å². The Morgan fingerprint density at radius 3 is 2.50 bits per heavy atom. The molecule has 1 saturated carbocycles. The highest BCUT2D eigenvalue weighted by Crippen LogP contribution is 2.26. The largest absolute Gasteiger partial charge is 0.307 e. The predicted molar refractivity (Wildman–Crippen MR) is 83.9 cm³/mol. The van der Waals surface area contributed by atoms with Crippen LogP contribution in [0.1, 0.15) is 44.2 Å². The van der Waals surface area contributed by atoms with Crippen molar-refractivity contribution < 1.29 is 8.42 Å². The summed E-state index contributed by atoms with van der Waals surface area (Å²) in [7, 11) is -2.92. The number of rotatable bonds is 4. The average molecular weight is 316 g/mol. The van der Waals surface area contributed by atoms with Gasteiger partial charge in [-0.05, 0) is 43.9 Å². The molecule has 112 valence electrons. The lowest BCUT2D eigenvalue weighted by Gasteiger charge is -2.31. The summed E-state index contributed by atoms with van der Waals surface area (Å²) >= 11 is 5.89. The molecule has 0 aromatic heterocycles. The molecule has 1 aromatic rings. The van der Waals surface area contributed by atoms with E-state index in [1.165, 1.54) is 11.8 Å². The van der Waals surface area contributed by atoms with E-state index < -0.39 is 9.84 Å². The van der Waals surface area contributed by atoms with Gasteiger partial charge in [0.2, 0.25) is 0 Å². The van der Waals surface area contributed by atoms with Crippen molar-refractivity contribution in [3.63, 3.8) is 0 Å². The predicted octanol–water partition coefficient (Wildman–Crippen LogP) is 3.35. The van der Waals surface area contributed by atoms with E-state index in [2.05, 4.69) is 12.2 Å². The molecule has 2 rings (SSSR count). The summed E-state index contributed by atoms with van der Waals surface area (Å²) in [5.74, 6) is 0. The van der Waals surface area contributed by atoms with Crippen LogP contribution in [0.25, 0.3) is 0 Å². The van der Waals surface area contributed by atoms with Crippen molar-refractivity contribution in [1.82, 2.24) is 5.32 Å². The minimum Gasteiger partial charge on any atom is -0.307 e. The number of sulfone groups is 1. The highest BCUT2D eigenvalue weighted by atomic mass is 35.5. The zero-order valence-electron chi connectivity index (χ0n) is 12.0. The van der Waals surface area contributed by atoms with Crippen LogP contribution < -0.4 is 5.32 Å². The number of benzene rings is 1. The summed E-state index contributed by atoms with van der Waals surface area (Å²) in [6, 6.07) is 8.27. The van der Waals surface area contributed by atoms with Crippen LogP contribution in [-0.2, 0) is 9.84 Å². The molecule has 1 N–H and O–H groups in total. The van der Waals surface area contributed by atoms with Gasteiger partial charge in [0.1, 0.15) is 9.84 Å². The second-order valence-corrected chi connectivity index (χ2v) is 8.52. The maximum absolute atomic E-state index is 11.7. The first-order valence-corrected chi connectivity index (χ1v) is 9.40. The Labute approximate surface area is 126 Å². The fourth-order valence-electron chi connectivity index (χ4n) is 2.89. The molecular formula is C15H22ClNO2S. The monoisotopic (exact) mass is 315 g/mol. The Morgan fingerprint density at radius 2 is 1.90 bits per heavy atom. The molecule has 0 spiro atoms. The fraction of sp³-hybridized carbons (Fsp3) is 0.600. The SMILES string of the molecule is CC(NC1CCCC(S(C)(=O)=O)C1)c1ccc(Cl)cc1. The Hall–Kier alpha value is -0.580. The molecule has 1 aliphatic rings. The number of nitrogens with one attached hydrogen (secondary N) is 1. The quantitative estimate of drug-likeness (QED) is 0.927. The molecule has 0 radical (unpaired) electrons. The molecule has 0 bridgehead atoms. The highest BCUT2D eigenvalue weighted by molar-refractivity contribution is 7.91. The van der Waals surface area contributed by atoms with E-state index in [0.29, 0.717) is 0 Å². The normalized spacial score (nSPS) is 25.4. The molecule has 3 nitrogen and oxygen atoms in total. The first-order chi connectivity index (χ1) is 9.36. The Bertz CT molecular complexity index is 541. The lowest BCUT2D eigenvalue weighted by atomic mass is 9.93. The van der Waals surface area contributed by atoms with E-state index in [1.54, 1.807) is 0 Å². The van der Waals surface area contributed by atoms with Gasteiger partial charge in [-0.25, -0.2) is 8.42 Å². The third-order valence-electron chi connectivity index (χ3n) is 4.09. The van der Waals surface area contributed by atoms with Crippen LogP contribution in [0.5, 0.6) is 0 Å². The van der Waals surface area contributed by atoms with E-state index >= 15 is 0 Å². The second kappa shape index (κ2) is 6.46. The summed E-state index contributed by atoms with van der Waals surface area (Å²) in [6.07, 6.45) is 4.89. The fourth-order valence-corrected chi connectivity index (χ4v) is 4.19. The van der Waals surface area contributed by atoms with Crippen molar-refractivity contribution in [1.29, 1.82) is 0 Å². The van der Waals surface area contributed by atoms with E-state index in [9.17, 15) is 8.42 Å². The maximum Gasteiger partial charge on any atom is 0.150 e. The molecule has 0 heterocycles. The van der Waals surface area contributed by atoms with Gasteiger partial charge in [0.05, 0.1) is 5.25 Å². The first-order valence-electron chi connectivity index (χ1n) is 7.06. The summed E-state index contributed by atoms with van der Waals surface area (Å²) in [4.78, 5) is 0. The molecule has 1 aromatic carbocycles. The standard InChI is InChI=1S/C15H22ClNO2S/c1-11(12-6-8-13(16)9-7-12)17-14-4-3-5-15(10-14)20(2,18)19/h6-9,11,14-15,17H,3-5,10H2,1-2H3. The zero-order valence-corrected chi connectivity index (χ0v) is 13.5. The molecule has 1 aliphatic carbocycles. The van der Waals surface area contributed by atoms with E-state index in [1.807, 2.05) is 24.3 Å². The molecule has 0 amide bonds. The zero-order chi connectivity index (χ0) is 14.8. The minimum absolute atomic E-state index is 0.189. The third-order valence-corrected chi connectivity index (χ3v) is 5.98. The van der Waals surface area contributed by atoms with Gasteiger partial charge in [-0.15, -0.1) is 0 Å². The van der Waals surface area contributed by atoms with Crippen LogP contribution in [0, 0.1) is 0 Å². The van der Waals surface area contributed by atoms with Crippen LogP contribution in [0.4, 0.5) is 0 Å². The molecule has 3 unspecified atom stereocenters. The van der Waals surface area contributed by atoms with Crippen molar-refractivity contribution in [2.24, 2.45) is 0 Å². The van der Waals surface area contributed by atoms with Crippen molar-refractivity contribution >= 4 is 21.4 Å². The molecule has 20 heavy (non-hydrogen) atoms.